The highest BCUT2D eigenvalue weighted by Crippen LogP contribution is 2.34. The molecule has 11 nitrogen and oxygen atoms in total. The second-order valence-corrected chi connectivity index (χ2v) is 8.31. The molecule has 11 heteroatoms. The van der Waals surface area contributed by atoms with Crippen LogP contribution in [0.1, 0.15) is 0 Å². The number of nitrogens with zero attached hydrogens (tertiary/aromatic N) is 6. The zero-order valence-corrected chi connectivity index (χ0v) is 18.8. The van der Waals surface area contributed by atoms with Crippen molar-refractivity contribution in [2.24, 2.45) is 0 Å². The van der Waals surface area contributed by atoms with Gasteiger partial charge in [-0.3, -0.25) is 4.79 Å². The summed E-state index contributed by atoms with van der Waals surface area (Å²) in [5.74, 6) is 1.45. The molecule has 4 aromatic rings. The predicted molar refractivity (Wildman–Crippen MR) is 129 cm³/mol. The summed E-state index contributed by atoms with van der Waals surface area (Å²) in [5, 5.41) is 7.22. The van der Waals surface area contributed by atoms with Crippen molar-refractivity contribution in [1.82, 2.24) is 19.2 Å². The number of piperazine rings is 1. The van der Waals surface area contributed by atoms with Gasteiger partial charge in [-0.15, -0.1) is 5.10 Å². The molecule has 178 valence electrons. The van der Waals surface area contributed by atoms with E-state index in [1.807, 2.05) is 18.2 Å². The van der Waals surface area contributed by atoms with Gasteiger partial charge in [0.25, 0.3) is 0 Å². The third kappa shape index (κ3) is 4.01. The third-order valence-corrected chi connectivity index (χ3v) is 6.13. The lowest BCUT2D eigenvalue weighted by Gasteiger charge is -2.36. The van der Waals surface area contributed by atoms with Crippen LogP contribution in [0.3, 0.4) is 0 Å². The molecule has 2 aromatic heterocycles. The van der Waals surface area contributed by atoms with Crippen molar-refractivity contribution >= 4 is 28.7 Å². The number of nitrogens with one attached hydrogen (secondary N) is 1. The summed E-state index contributed by atoms with van der Waals surface area (Å²) in [4.78, 5) is 34.5. The number of amides is 1. The van der Waals surface area contributed by atoms with E-state index in [-0.39, 0.29) is 19.2 Å². The number of hydrogen-bond acceptors (Lipinski definition) is 8. The molecule has 1 saturated heterocycles. The highest BCUT2D eigenvalue weighted by molar-refractivity contribution is 5.91. The van der Waals surface area contributed by atoms with Crippen LogP contribution in [0, 0.1) is 0 Å². The zero-order valence-electron chi connectivity index (χ0n) is 18.8. The average Bonchev–Trinajstić information content (AvgIpc) is 3.48. The lowest BCUT2D eigenvalue weighted by atomic mass is 10.2. The zero-order chi connectivity index (χ0) is 23.8. The van der Waals surface area contributed by atoms with Gasteiger partial charge in [-0.05, 0) is 24.3 Å². The number of benzene rings is 2. The Kier molecular flexibility index (Phi) is 5.21. The topological polar surface area (TPSA) is 106 Å². The lowest BCUT2D eigenvalue weighted by Crippen LogP contribution is -2.47. The fourth-order valence-electron chi connectivity index (χ4n) is 4.39. The molecule has 6 rings (SSSR count). The van der Waals surface area contributed by atoms with Gasteiger partial charge >= 0.3 is 5.69 Å². The molecule has 0 bridgehead atoms. The van der Waals surface area contributed by atoms with Gasteiger partial charge in [0.05, 0.1) is 0 Å². The fraction of sp³-hybridized carbons (Fsp3) is 0.250. The number of carbonyl (C=O) groups excluding carboxylic acids is 1. The number of para-hydroxylation sites is 1. The van der Waals surface area contributed by atoms with E-state index in [4.69, 9.17) is 9.47 Å². The van der Waals surface area contributed by atoms with Crippen molar-refractivity contribution in [2.75, 3.05) is 48.1 Å². The monoisotopic (exact) mass is 473 g/mol. The van der Waals surface area contributed by atoms with Gasteiger partial charge < -0.3 is 24.6 Å². The molecule has 2 aliphatic rings. The number of fused-ring (bicyclic) bond motifs is 2. The van der Waals surface area contributed by atoms with E-state index < -0.39 is 5.69 Å². The first kappa shape index (κ1) is 21.0. The minimum absolute atomic E-state index is 0.154. The van der Waals surface area contributed by atoms with Gasteiger partial charge in [-0.1, -0.05) is 18.2 Å². The molecule has 0 radical (unpaired) electrons. The maximum atomic E-state index is 12.9. The first-order valence-electron chi connectivity index (χ1n) is 11.3. The van der Waals surface area contributed by atoms with Crippen molar-refractivity contribution in [2.45, 2.75) is 6.54 Å². The van der Waals surface area contributed by atoms with Crippen LogP contribution in [0.5, 0.6) is 11.5 Å². The van der Waals surface area contributed by atoms with Crippen LogP contribution >= 0.6 is 0 Å². The Balaban J connectivity index is 1.18. The van der Waals surface area contributed by atoms with Gasteiger partial charge in [-0.2, -0.15) is 0 Å². The van der Waals surface area contributed by atoms with Crippen LogP contribution < -0.4 is 30.3 Å². The Morgan fingerprint density at radius 2 is 1.74 bits per heavy atom. The standard InChI is InChI=1S/C24H23N7O4/c32-21(26-17-6-7-19-20(14-17)35-16-34-19)15-31-24(33)30-9-8-25-22(23(30)27-31)29-12-10-28(11-13-29)18-4-2-1-3-5-18/h1-9,14H,10-13,15-16H2,(H,26,32). The van der Waals surface area contributed by atoms with E-state index in [2.05, 4.69) is 37.3 Å². The smallest absolute Gasteiger partial charge is 0.350 e. The Morgan fingerprint density at radius 1 is 0.971 bits per heavy atom. The van der Waals surface area contributed by atoms with Gasteiger partial charge in [0, 0.05) is 56.0 Å². The molecular formula is C24H23N7O4. The van der Waals surface area contributed by atoms with Gasteiger partial charge in [-0.25, -0.2) is 18.9 Å². The molecule has 0 aliphatic carbocycles. The van der Waals surface area contributed by atoms with Crippen molar-refractivity contribution in [1.29, 1.82) is 0 Å². The Hall–Kier alpha value is -4.54. The first-order valence-corrected chi connectivity index (χ1v) is 11.3. The van der Waals surface area contributed by atoms with Gasteiger partial charge in [0.15, 0.2) is 17.3 Å². The molecule has 0 saturated carbocycles. The van der Waals surface area contributed by atoms with Crippen LogP contribution in [-0.2, 0) is 11.3 Å². The van der Waals surface area contributed by atoms with Crippen molar-refractivity contribution in [3.8, 4) is 11.5 Å². The summed E-state index contributed by atoms with van der Waals surface area (Å²) in [7, 11) is 0. The molecule has 2 aliphatic heterocycles. The molecule has 35 heavy (non-hydrogen) atoms. The SMILES string of the molecule is O=C(Cn1nc2c(N3CCN(c4ccccc4)CC3)nccn2c1=O)Nc1ccc2c(c1)OCO2. The van der Waals surface area contributed by atoms with Crippen molar-refractivity contribution in [3.63, 3.8) is 0 Å². The van der Waals surface area contributed by atoms with E-state index in [1.54, 1.807) is 30.6 Å². The molecule has 4 heterocycles. The van der Waals surface area contributed by atoms with Gasteiger partial charge in [0.2, 0.25) is 18.3 Å². The maximum Gasteiger partial charge on any atom is 0.350 e. The molecule has 1 fully saturated rings. The van der Waals surface area contributed by atoms with Crippen LogP contribution in [0.4, 0.5) is 17.2 Å². The van der Waals surface area contributed by atoms with Crippen molar-refractivity contribution in [3.05, 3.63) is 71.4 Å². The van der Waals surface area contributed by atoms with E-state index in [1.165, 1.54) is 10.1 Å². The van der Waals surface area contributed by atoms with Gasteiger partial charge in [0.1, 0.15) is 6.54 Å². The molecule has 2 aromatic carbocycles. The van der Waals surface area contributed by atoms with Crippen LogP contribution in [-0.4, -0.2) is 58.0 Å². The Morgan fingerprint density at radius 3 is 2.57 bits per heavy atom. The molecular weight excluding hydrogens is 450 g/mol. The van der Waals surface area contributed by atoms with E-state index >= 15 is 0 Å². The van der Waals surface area contributed by atoms with Crippen LogP contribution in [0.2, 0.25) is 0 Å². The first-order chi connectivity index (χ1) is 17.2. The third-order valence-electron chi connectivity index (χ3n) is 6.13. The highest BCUT2D eigenvalue weighted by Gasteiger charge is 2.23. The maximum absolute atomic E-state index is 12.9. The summed E-state index contributed by atoms with van der Waals surface area (Å²) in [6.07, 6.45) is 3.16. The molecule has 1 amide bonds. The molecule has 0 atom stereocenters. The number of rotatable bonds is 5. The molecule has 0 spiro atoms. The summed E-state index contributed by atoms with van der Waals surface area (Å²) < 4.78 is 13.2. The summed E-state index contributed by atoms with van der Waals surface area (Å²) >= 11 is 0. The Labute approximate surface area is 200 Å². The fourth-order valence-corrected chi connectivity index (χ4v) is 4.39. The number of carbonyl (C=O) groups is 1. The minimum atomic E-state index is -0.396. The molecule has 1 N–H and O–H groups in total. The van der Waals surface area contributed by atoms with E-state index in [0.717, 1.165) is 30.9 Å². The second-order valence-electron chi connectivity index (χ2n) is 8.31. The number of aromatic nitrogens is 4. The summed E-state index contributed by atoms with van der Waals surface area (Å²) in [5.41, 5.74) is 1.77. The van der Waals surface area contributed by atoms with E-state index in [0.29, 0.717) is 28.7 Å². The number of hydrogen-bond donors (Lipinski definition) is 1. The normalized spacial score (nSPS) is 15.0. The Bertz CT molecular complexity index is 1440. The summed E-state index contributed by atoms with van der Waals surface area (Å²) in [6.45, 7) is 3.07. The summed E-state index contributed by atoms with van der Waals surface area (Å²) in [6, 6.07) is 15.4. The lowest BCUT2D eigenvalue weighted by molar-refractivity contribution is -0.117. The van der Waals surface area contributed by atoms with Crippen molar-refractivity contribution < 1.29 is 14.3 Å². The second kappa shape index (κ2) is 8.67. The number of anilines is 3. The van der Waals surface area contributed by atoms with Crippen LogP contribution in [0.15, 0.2) is 65.7 Å². The average molecular weight is 473 g/mol. The predicted octanol–water partition coefficient (Wildman–Crippen LogP) is 1.58. The molecule has 0 unspecified atom stereocenters. The number of ether oxygens (including phenoxy) is 2. The minimum Gasteiger partial charge on any atom is -0.454 e. The largest absolute Gasteiger partial charge is 0.454 e. The quantitative estimate of drug-likeness (QED) is 0.466. The van der Waals surface area contributed by atoms with Crippen LogP contribution in [0.25, 0.3) is 5.65 Å². The van der Waals surface area contributed by atoms with E-state index in [9.17, 15) is 9.59 Å². The highest BCUT2D eigenvalue weighted by atomic mass is 16.7.